The predicted molar refractivity (Wildman–Crippen MR) is 59.9 cm³/mol. The molecule has 3 nitrogen and oxygen atoms in total. The van der Waals surface area contributed by atoms with Gasteiger partial charge < -0.3 is 10.6 Å². The maximum atomic E-state index is 11.7. The van der Waals surface area contributed by atoms with E-state index in [-0.39, 0.29) is 11.3 Å². The molecule has 1 amide bonds. The van der Waals surface area contributed by atoms with Gasteiger partial charge in [-0.05, 0) is 11.8 Å². The van der Waals surface area contributed by atoms with Gasteiger partial charge in [0.25, 0.3) is 0 Å². The Labute approximate surface area is 87.0 Å². The summed E-state index contributed by atoms with van der Waals surface area (Å²) in [5.74, 6) is -0.0141. The Hall–Kier alpha value is -0.830. The number of likely N-dealkylation sites (N-methyl/N-ethyl adjacent to an activating group) is 1. The lowest BCUT2D eigenvalue weighted by molar-refractivity contribution is -0.132. The van der Waals surface area contributed by atoms with Crippen molar-refractivity contribution in [2.24, 2.45) is 11.1 Å². The molecule has 0 aromatic carbocycles. The number of carbonyl (C=O) groups is 1. The number of amides is 1. The number of hydrogen-bond acceptors (Lipinski definition) is 2. The van der Waals surface area contributed by atoms with Crippen molar-refractivity contribution in [1.29, 1.82) is 0 Å². The van der Waals surface area contributed by atoms with E-state index >= 15 is 0 Å². The van der Waals surface area contributed by atoms with Crippen molar-refractivity contribution in [3.63, 3.8) is 0 Å². The molecule has 0 saturated heterocycles. The fourth-order valence-electron chi connectivity index (χ4n) is 1.35. The normalized spacial score (nSPS) is 13.5. The Kier molecular flexibility index (Phi) is 4.85. The van der Waals surface area contributed by atoms with Crippen molar-refractivity contribution in [1.82, 2.24) is 4.90 Å². The Balaban J connectivity index is 4.18. The molecule has 1 atom stereocenters. The van der Waals surface area contributed by atoms with Gasteiger partial charge in [-0.15, -0.1) is 6.58 Å². The largest absolute Gasteiger partial charge is 0.344 e. The first-order valence-corrected chi connectivity index (χ1v) is 4.89. The minimum Gasteiger partial charge on any atom is -0.344 e. The summed E-state index contributed by atoms with van der Waals surface area (Å²) < 4.78 is 0. The molecule has 0 heterocycles. The number of nitrogens with zero attached hydrogens (tertiary/aromatic N) is 1. The van der Waals surface area contributed by atoms with Crippen LogP contribution < -0.4 is 5.73 Å². The maximum absolute atomic E-state index is 11.7. The fraction of sp³-hybridized carbons (Fsp3) is 0.727. The van der Waals surface area contributed by atoms with E-state index in [1.54, 1.807) is 18.0 Å². The summed E-state index contributed by atoms with van der Waals surface area (Å²) in [5, 5.41) is 0. The first kappa shape index (κ1) is 13.2. The average molecular weight is 198 g/mol. The van der Waals surface area contributed by atoms with Crippen LogP contribution in [-0.4, -0.2) is 30.4 Å². The van der Waals surface area contributed by atoms with Gasteiger partial charge in [-0.1, -0.05) is 26.8 Å². The van der Waals surface area contributed by atoms with E-state index in [4.69, 9.17) is 5.73 Å². The van der Waals surface area contributed by atoms with Crippen molar-refractivity contribution in [2.75, 3.05) is 13.6 Å². The third-order valence-corrected chi connectivity index (χ3v) is 1.83. The second-order valence-electron chi connectivity index (χ2n) is 4.89. The van der Waals surface area contributed by atoms with E-state index in [1.807, 2.05) is 0 Å². The van der Waals surface area contributed by atoms with Crippen LogP contribution in [0.25, 0.3) is 0 Å². The molecule has 0 bridgehead atoms. The molecule has 82 valence electrons. The number of nitrogens with two attached hydrogens (primary N) is 1. The van der Waals surface area contributed by atoms with Crippen LogP contribution in [0, 0.1) is 5.41 Å². The molecule has 0 aliphatic heterocycles. The van der Waals surface area contributed by atoms with Gasteiger partial charge >= 0.3 is 0 Å². The van der Waals surface area contributed by atoms with E-state index in [9.17, 15) is 4.79 Å². The number of hydrogen-bond donors (Lipinski definition) is 1. The smallest absolute Gasteiger partial charge is 0.239 e. The first-order valence-electron chi connectivity index (χ1n) is 4.89. The molecule has 14 heavy (non-hydrogen) atoms. The van der Waals surface area contributed by atoms with Crippen molar-refractivity contribution in [3.05, 3.63) is 12.7 Å². The number of rotatable bonds is 4. The molecule has 0 saturated carbocycles. The van der Waals surface area contributed by atoms with E-state index in [0.29, 0.717) is 6.42 Å². The van der Waals surface area contributed by atoms with Crippen molar-refractivity contribution in [2.45, 2.75) is 33.2 Å². The van der Waals surface area contributed by atoms with Crippen LogP contribution in [0.1, 0.15) is 27.2 Å². The highest BCUT2D eigenvalue weighted by Crippen LogP contribution is 2.14. The van der Waals surface area contributed by atoms with Crippen LogP contribution in [0.5, 0.6) is 0 Å². The zero-order chi connectivity index (χ0) is 11.4. The summed E-state index contributed by atoms with van der Waals surface area (Å²) in [4.78, 5) is 13.4. The third kappa shape index (κ3) is 5.02. The van der Waals surface area contributed by atoms with Gasteiger partial charge in [-0.25, -0.2) is 0 Å². The average Bonchev–Trinajstić information content (AvgIpc) is 2.00. The van der Waals surface area contributed by atoms with Gasteiger partial charge in [0.05, 0.1) is 6.04 Å². The van der Waals surface area contributed by atoms with Crippen LogP contribution in [0.3, 0.4) is 0 Å². The Bertz CT molecular complexity index is 206. The summed E-state index contributed by atoms with van der Waals surface area (Å²) >= 11 is 0. The van der Waals surface area contributed by atoms with Crippen LogP contribution in [-0.2, 0) is 4.79 Å². The van der Waals surface area contributed by atoms with E-state index in [2.05, 4.69) is 27.4 Å². The molecule has 0 aliphatic carbocycles. The zero-order valence-electron chi connectivity index (χ0n) is 9.71. The van der Waals surface area contributed by atoms with E-state index in [0.717, 1.165) is 6.54 Å². The predicted octanol–water partition coefficient (Wildman–Crippen LogP) is 1.39. The number of carbonyl (C=O) groups excluding carboxylic acids is 1. The highest BCUT2D eigenvalue weighted by molar-refractivity contribution is 5.81. The minimum atomic E-state index is -0.445. The summed E-state index contributed by atoms with van der Waals surface area (Å²) in [6.07, 6.45) is 2.21. The molecule has 0 spiro atoms. The van der Waals surface area contributed by atoms with Gasteiger partial charge in [0, 0.05) is 13.6 Å². The second-order valence-corrected chi connectivity index (χ2v) is 4.89. The van der Waals surface area contributed by atoms with Crippen molar-refractivity contribution in [3.8, 4) is 0 Å². The van der Waals surface area contributed by atoms with Crippen LogP contribution in [0.4, 0.5) is 0 Å². The van der Waals surface area contributed by atoms with Gasteiger partial charge in [-0.3, -0.25) is 4.79 Å². The van der Waals surface area contributed by atoms with Gasteiger partial charge in [0.1, 0.15) is 0 Å². The molecule has 0 rings (SSSR count). The SMILES string of the molecule is C=CCC(N)C(=O)N(C)CC(C)(C)C. The van der Waals surface area contributed by atoms with Gasteiger partial charge in [0.2, 0.25) is 5.91 Å². The van der Waals surface area contributed by atoms with Crippen LogP contribution in [0.2, 0.25) is 0 Å². The molecule has 0 aromatic heterocycles. The summed E-state index contributed by atoms with van der Waals surface area (Å²) in [6, 6.07) is -0.445. The highest BCUT2D eigenvalue weighted by Gasteiger charge is 2.21. The molecule has 1 unspecified atom stereocenters. The topological polar surface area (TPSA) is 46.3 Å². The molecule has 0 fully saturated rings. The second kappa shape index (κ2) is 5.15. The third-order valence-electron chi connectivity index (χ3n) is 1.83. The Morgan fingerprint density at radius 3 is 2.43 bits per heavy atom. The summed E-state index contributed by atoms with van der Waals surface area (Å²) in [5.41, 5.74) is 5.79. The maximum Gasteiger partial charge on any atom is 0.239 e. The lowest BCUT2D eigenvalue weighted by Gasteiger charge is -2.28. The molecule has 2 N–H and O–H groups in total. The minimum absolute atomic E-state index is 0.0141. The fourth-order valence-corrected chi connectivity index (χ4v) is 1.35. The van der Waals surface area contributed by atoms with Crippen molar-refractivity contribution >= 4 is 5.91 Å². The monoisotopic (exact) mass is 198 g/mol. The van der Waals surface area contributed by atoms with Crippen molar-refractivity contribution < 1.29 is 4.79 Å². The molecule has 0 aliphatic rings. The first-order chi connectivity index (χ1) is 6.28. The lowest BCUT2D eigenvalue weighted by atomic mass is 9.96. The Morgan fingerprint density at radius 2 is 2.07 bits per heavy atom. The van der Waals surface area contributed by atoms with E-state index in [1.165, 1.54) is 0 Å². The Morgan fingerprint density at radius 1 is 1.57 bits per heavy atom. The molecular weight excluding hydrogens is 176 g/mol. The highest BCUT2D eigenvalue weighted by atomic mass is 16.2. The molecule has 0 radical (unpaired) electrons. The van der Waals surface area contributed by atoms with Gasteiger partial charge in [0.15, 0.2) is 0 Å². The molecule has 3 heteroatoms. The molecule has 0 aromatic rings. The van der Waals surface area contributed by atoms with Crippen LogP contribution >= 0.6 is 0 Å². The zero-order valence-corrected chi connectivity index (χ0v) is 9.71. The summed E-state index contributed by atoms with van der Waals surface area (Å²) in [7, 11) is 1.79. The van der Waals surface area contributed by atoms with E-state index < -0.39 is 6.04 Å². The summed E-state index contributed by atoms with van der Waals surface area (Å²) in [6.45, 7) is 10.6. The standard InChI is InChI=1S/C11H22N2O/c1-6-7-9(12)10(14)13(5)8-11(2,3)4/h6,9H,1,7-8,12H2,2-5H3. The van der Waals surface area contributed by atoms with Crippen LogP contribution in [0.15, 0.2) is 12.7 Å². The lowest BCUT2D eigenvalue weighted by Crippen LogP contribution is -2.44. The van der Waals surface area contributed by atoms with Gasteiger partial charge in [-0.2, -0.15) is 0 Å². The quantitative estimate of drug-likeness (QED) is 0.694. The molecular formula is C11H22N2O.